The highest BCUT2D eigenvalue weighted by Crippen LogP contribution is 2.23. The minimum atomic E-state index is -0.494. The second-order valence-electron chi connectivity index (χ2n) is 5.17. The molecule has 0 aliphatic heterocycles. The van der Waals surface area contributed by atoms with Crippen molar-refractivity contribution in [3.05, 3.63) is 69.3 Å². The molecule has 0 aromatic heterocycles. The van der Waals surface area contributed by atoms with Crippen molar-refractivity contribution >= 4 is 40.5 Å². The highest BCUT2D eigenvalue weighted by molar-refractivity contribution is 6.35. The molecule has 0 fully saturated rings. The number of carbonyl (C=O) groups excluding carboxylic acids is 1. The predicted molar refractivity (Wildman–Crippen MR) is 98.3 cm³/mol. The summed E-state index contributed by atoms with van der Waals surface area (Å²) in [4.78, 5) is 12.3. The summed E-state index contributed by atoms with van der Waals surface area (Å²) in [6.45, 7) is 3.86. The standard InChI is InChI=1S/C18H15Cl2N3O/c1-11-4-3-5-17(12(11)2)23-18(24)13(9-21)10-22-16-7-14(19)6-15(20)8-16/h3-8,10,22H,1-2H3,(H,23,24)/b13-10-. The molecule has 0 saturated heterocycles. The van der Waals surface area contributed by atoms with E-state index in [4.69, 9.17) is 23.2 Å². The first kappa shape index (κ1) is 17.9. The average Bonchev–Trinajstić information content (AvgIpc) is 2.51. The van der Waals surface area contributed by atoms with Crippen molar-refractivity contribution in [3.63, 3.8) is 0 Å². The minimum Gasteiger partial charge on any atom is -0.360 e. The van der Waals surface area contributed by atoms with Crippen molar-refractivity contribution in [1.82, 2.24) is 0 Å². The van der Waals surface area contributed by atoms with Crippen LogP contribution in [-0.4, -0.2) is 5.91 Å². The Labute approximate surface area is 150 Å². The summed E-state index contributed by atoms with van der Waals surface area (Å²) in [7, 11) is 0. The minimum absolute atomic E-state index is 0.0630. The topological polar surface area (TPSA) is 64.9 Å². The number of amides is 1. The number of hydrogen-bond acceptors (Lipinski definition) is 3. The van der Waals surface area contributed by atoms with Crippen LogP contribution in [-0.2, 0) is 4.79 Å². The SMILES string of the molecule is Cc1cccc(NC(=O)/C(C#N)=C\Nc2cc(Cl)cc(Cl)c2)c1C. The number of nitrogens with zero attached hydrogens (tertiary/aromatic N) is 1. The van der Waals surface area contributed by atoms with Gasteiger partial charge in [-0.1, -0.05) is 35.3 Å². The maximum atomic E-state index is 12.3. The number of rotatable bonds is 4. The van der Waals surface area contributed by atoms with Gasteiger partial charge in [0.15, 0.2) is 0 Å². The molecule has 0 saturated carbocycles. The third kappa shape index (κ3) is 4.51. The van der Waals surface area contributed by atoms with Crippen molar-refractivity contribution in [1.29, 1.82) is 5.26 Å². The molecule has 122 valence electrons. The molecule has 2 aromatic carbocycles. The van der Waals surface area contributed by atoms with Gasteiger partial charge in [0.05, 0.1) is 0 Å². The molecule has 2 N–H and O–H groups in total. The number of anilines is 2. The van der Waals surface area contributed by atoms with E-state index >= 15 is 0 Å². The zero-order valence-corrected chi connectivity index (χ0v) is 14.7. The summed E-state index contributed by atoms with van der Waals surface area (Å²) in [5.41, 5.74) is 3.21. The van der Waals surface area contributed by atoms with E-state index in [-0.39, 0.29) is 5.57 Å². The Hall–Kier alpha value is -2.48. The predicted octanol–water partition coefficient (Wildman–Crippen LogP) is 5.07. The number of aryl methyl sites for hydroxylation is 1. The van der Waals surface area contributed by atoms with Gasteiger partial charge in [-0.15, -0.1) is 0 Å². The van der Waals surface area contributed by atoms with Gasteiger partial charge < -0.3 is 10.6 Å². The summed E-state index contributed by atoms with van der Waals surface area (Å²) >= 11 is 11.8. The zero-order chi connectivity index (χ0) is 17.7. The first-order valence-electron chi connectivity index (χ1n) is 7.11. The van der Waals surface area contributed by atoms with Crippen molar-refractivity contribution < 1.29 is 4.79 Å². The van der Waals surface area contributed by atoms with Crippen LogP contribution in [0.4, 0.5) is 11.4 Å². The normalized spacial score (nSPS) is 10.9. The van der Waals surface area contributed by atoms with Gasteiger partial charge in [-0.25, -0.2) is 0 Å². The Morgan fingerprint density at radius 1 is 1.17 bits per heavy atom. The first-order chi connectivity index (χ1) is 11.4. The number of hydrogen-bond donors (Lipinski definition) is 2. The molecule has 4 nitrogen and oxygen atoms in total. The van der Waals surface area contributed by atoms with Crippen LogP contribution < -0.4 is 10.6 Å². The number of carbonyl (C=O) groups is 1. The smallest absolute Gasteiger partial charge is 0.267 e. The summed E-state index contributed by atoms with van der Waals surface area (Å²) in [5.74, 6) is -0.494. The lowest BCUT2D eigenvalue weighted by molar-refractivity contribution is -0.112. The Morgan fingerprint density at radius 3 is 2.46 bits per heavy atom. The fourth-order valence-electron chi connectivity index (χ4n) is 2.02. The van der Waals surface area contributed by atoms with E-state index in [2.05, 4.69) is 10.6 Å². The third-order valence-electron chi connectivity index (χ3n) is 3.46. The van der Waals surface area contributed by atoms with Crippen molar-refractivity contribution in [3.8, 4) is 6.07 Å². The maximum absolute atomic E-state index is 12.3. The Morgan fingerprint density at radius 2 is 1.83 bits per heavy atom. The molecular formula is C18H15Cl2N3O. The molecule has 0 spiro atoms. The molecule has 0 aliphatic rings. The molecule has 0 unspecified atom stereocenters. The number of halogens is 2. The van der Waals surface area contributed by atoms with E-state index in [1.165, 1.54) is 6.20 Å². The summed E-state index contributed by atoms with van der Waals surface area (Å²) in [6, 6.07) is 12.3. The molecular weight excluding hydrogens is 345 g/mol. The number of nitriles is 1. The first-order valence-corrected chi connectivity index (χ1v) is 7.87. The summed E-state index contributed by atoms with van der Waals surface area (Å²) < 4.78 is 0. The van der Waals surface area contributed by atoms with Gasteiger partial charge in [-0.3, -0.25) is 4.79 Å². The van der Waals surface area contributed by atoms with Crippen LogP contribution in [0.25, 0.3) is 0 Å². The molecule has 0 radical (unpaired) electrons. The van der Waals surface area contributed by atoms with Gasteiger partial charge in [-0.2, -0.15) is 5.26 Å². The molecule has 0 aliphatic carbocycles. The molecule has 0 atom stereocenters. The molecule has 0 heterocycles. The fourth-order valence-corrected chi connectivity index (χ4v) is 2.54. The quantitative estimate of drug-likeness (QED) is 0.591. The van der Waals surface area contributed by atoms with E-state index in [1.807, 2.05) is 32.0 Å². The van der Waals surface area contributed by atoms with E-state index in [1.54, 1.807) is 24.3 Å². The van der Waals surface area contributed by atoms with Gasteiger partial charge in [0, 0.05) is 27.6 Å². The highest BCUT2D eigenvalue weighted by Gasteiger charge is 2.11. The Balaban J connectivity index is 2.16. The molecule has 6 heteroatoms. The lowest BCUT2D eigenvalue weighted by Crippen LogP contribution is -2.15. The van der Waals surface area contributed by atoms with Gasteiger partial charge in [0.2, 0.25) is 0 Å². The number of benzene rings is 2. The van der Waals surface area contributed by atoms with E-state index in [9.17, 15) is 10.1 Å². The van der Waals surface area contributed by atoms with Crippen LogP contribution >= 0.6 is 23.2 Å². The highest BCUT2D eigenvalue weighted by atomic mass is 35.5. The summed E-state index contributed by atoms with van der Waals surface area (Å²) in [6.07, 6.45) is 1.32. The van der Waals surface area contributed by atoms with E-state index in [0.717, 1.165) is 11.1 Å². The largest absolute Gasteiger partial charge is 0.360 e. The Kier molecular flexibility index (Phi) is 5.86. The molecule has 2 aromatic rings. The second kappa shape index (κ2) is 7.87. The van der Waals surface area contributed by atoms with Gasteiger partial charge in [0.25, 0.3) is 5.91 Å². The third-order valence-corrected chi connectivity index (χ3v) is 3.90. The van der Waals surface area contributed by atoms with Crippen LogP contribution in [0.15, 0.2) is 48.2 Å². The van der Waals surface area contributed by atoms with Crippen molar-refractivity contribution in [2.75, 3.05) is 10.6 Å². The van der Waals surface area contributed by atoms with Crippen molar-refractivity contribution in [2.45, 2.75) is 13.8 Å². The van der Waals surface area contributed by atoms with Crippen LogP contribution in [0.5, 0.6) is 0 Å². The molecule has 1 amide bonds. The van der Waals surface area contributed by atoms with E-state index < -0.39 is 5.91 Å². The molecule has 2 rings (SSSR count). The molecule has 24 heavy (non-hydrogen) atoms. The van der Waals surface area contributed by atoms with Gasteiger partial charge in [0.1, 0.15) is 11.6 Å². The Bertz CT molecular complexity index is 834. The monoisotopic (exact) mass is 359 g/mol. The van der Waals surface area contributed by atoms with Crippen LogP contribution in [0.2, 0.25) is 10.0 Å². The van der Waals surface area contributed by atoms with Crippen LogP contribution in [0.1, 0.15) is 11.1 Å². The van der Waals surface area contributed by atoms with Crippen LogP contribution in [0.3, 0.4) is 0 Å². The van der Waals surface area contributed by atoms with Gasteiger partial charge >= 0.3 is 0 Å². The molecule has 0 bridgehead atoms. The van der Waals surface area contributed by atoms with Crippen molar-refractivity contribution in [2.24, 2.45) is 0 Å². The van der Waals surface area contributed by atoms with Crippen LogP contribution in [0, 0.1) is 25.2 Å². The van der Waals surface area contributed by atoms with Gasteiger partial charge in [-0.05, 0) is 49.2 Å². The maximum Gasteiger partial charge on any atom is 0.267 e. The lowest BCUT2D eigenvalue weighted by Gasteiger charge is -2.10. The second-order valence-corrected chi connectivity index (χ2v) is 6.05. The summed E-state index contributed by atoms with van der Waals surface area (Å²) in [5, 5.41) is 15.7. The zero-order valence-electron chi connectivity index (χ0n) is 13.2. The van der Waals surface area contributed by atoms with E-state index in [0.29, 0.717) is 21.4 Å². The number of nitrogens with one attached hydrogen (secondary N) is 2. The fraction of sp³-hybridized carbons (Fsp3) is 0.111. The average molecular weight is 360 g/mol. The lowest BCUT2D eigenvalue weighted by atomic mass is 10.1.